The largest absolute Gasteiger partial charge is 0.331 e. The Morgan fingerprint density at radius 2 is 2.15 bits per heavy atom. The van der Waals surface area contributed by atoms with Crippen LogP contribution in [-0.2, 0) is 13.6 Å². The van der Waals surface area contributed by atoms with Gasteiger partial charge in [-0.1, -0.05) is 26.0 Å². The number of hydrogen-bond donors (Lipinski definition) is 1. The van der Waals surface area contributed by atoms with E-state index < -0.39 is 0 Å². The number of aryl methyl sites for hydroxylation is 2. The molecule has 20 heavy (non-hydrogen) atoms. The van der Waals surface area contributed by atoms with E-state index in [1.165, 1.54) is 11.1 Å². The van der Waals surface area contributed by atoms with Gasteiger partial charge in [0.15, 0.2) is 0 Å². The fourth-order valence-corrected chi connectivity index (χ4v) is 2.48. The number of rotatable bonds is 6. The van der Waals surface area contributed by atoms with Gasteiger partial charge < -0.3 is 9.88 Å². The van der Waals surface area contributed by atoms with E-state index in [-0.39, 0.29) is 5.41 Å². The summed E-state index contributed by atoms with van der Waals surface area (Å²) in [5.74, 6) is 1.05. The third-order valence-electron chi connectivity index (χ3n) is 3.80. The van der Waals surface area contributed by atoms with Gasteiger partial charge in [-0.2, -0.15) is 0 Å². The van der Waals surface area contributed by atoms with Crippen molar-refractivity contribution in [2.45, 2.75) is 33.7 Å². The van der Waals surface area contributed by atoms with Crippen molar-refractivity contribution in [3.8, 4) is 0 Å². The van der Waals surface area contributed by atoms with Crippen LogP contribution >= 0.6 is 0 Å². The number of nitrogens with zero attached hydrogens (tertiary/aromatic N) is 2. The number of hydrogen-bond acceptors (Lipinski definition) is 2. The molecule has 0 atom stereocenters. The molecule has 1 N–H and O–H groups in total. The number of allylic oxidation sites excluding steroid dienone is 1. The minimum absolute atomic E-state index is 0.257. The third-order valence-corrected chi connectivity index (χ3v) is 3.80. The van der Waals surface area contributed by atoms with E-state index in [0.29, 0.717) is 0 Å². The van der Waals surface area contributed by atoms with Crippen LogP contribution in [0.2, 0.25) is 0 Å². The molecule has 0 fully saturated rings. The van der Waals surface area contributed by atoms with E-state index in [2.05, 4.69) is 60.5 Å². The zero-order valence-corrected chi connectivity index (χ0v) is 13.0. The van der Waals surface area contributed by atoms with Gasteiger partial charge in [-0.05, 0) is 36.5 Å². The van der Waals surface area contributed by atoms with Crippen LogP contribution in [0.3, 0.4) is 0 Å². The van der Waals surface area contributed by atoms with Gasteiger partial charge in [-0.3, -0.25) is 0 Å². The van der Waals surface area contributed by atoms with Crippen LogP contribution in [0, 0.1) is 12.3 Å². The molecule has 0 unspecified atom stereocenters. The second-order valence-electron chi connectivity index (χ2n) is 6.30. The van der Waals surface area contributed by atoms with E-state index in [4.69, 9.17) is 0 Å². The zero-order chi connectivity index (χ0) is 14.8. The summed E-state index contributed by atoms with van der Waals surface area (Å²) in [6, 6.07) is 6.51. The van der Waals surface area contributed by atoms with E-state index in [0.717, 1.165) is 30.9 Å². The molecule has 2 rings (SSSR count). The maximum atomic E-state index is 4.58. The summed E-state index contributed by atoms with van der Waals surface area (Å²) in [5, 5.41) is 3.53. The Bertz CT molecular complexity index is 608. The number of benzene rings is 1. The highest BCUT2D eigenvalue weighted by atomic mass is 15.0. The topological polar surface area (TPSA) is 29.9 Å². The maximum Gasteiger partial charge on any atom is 0.106 e. The fourth-order valence-electron chi connectivity index (χ4n) is 2.48. The molecule has 0 aliphatic heterocycles. The molecule has 3 heteroatoms. The molecule has 0 radical (unpaired) electrons. The second kappa shape index (κ2) is 5.80. The average molecular weight is 271 g/mol. The summed E-state index contributed by atoms with van der Waals surface area (Å²) >= 11 is 0. The highest BCUT2D eigenvalue weighted by Gasteiger charge is 2.15. The first-order chi connectivity index (χ1) is 9.43. The monoisotopic (exact) mass is 271 g/mol. The van der Waals surface area contributed by atoms with Crippen molar-refractivity contribution in [3.05, 3.63) is 42.2 Å². The Morgan fingerprint density at radius 3 is 2.85 bits per heavy atom. The summed E-state index contributed by atoms with van der Waals surface area (Å²) in [5.41, 5.74) is 3.81. The number of nitrogens with one attached hydrogen (secondary N) is 1. The Labute approximate surface area is 121 Å². The minimum atomic E-state index is 0.257. The number of fused-ring (bicyclic) bond motifs is 1. The fraction of sp³-hybridized carbons (Fsp3) is 0.471. The van der Waals surface area contributed by atoms with Gasteiger partial charge in [-0.25, -0.2) is 4.98 Å². The Hall–Kier alpha value is -1.61. The smallest absolute Gasteiger partial charge is 0.106 e. The molecule has 0 saturated heterocycles. The maximum absolute atomic E-state index is 4.58. The molecule has 0 saturated carbocycles. The summed E-state index contributed by atoms with van der Waals surface area (Å²) in [6.07, 6.45) is 3.02. The van der Waals surface area contributed by atoms with Crippen LogP contribution in [0.15, 0.2) is 30.9 Å². The number of aromatic nitrogens is 2. The normalized spacial score (nSPS) is 12.0. The molecule has 3 nitrogen and oxygen atoms in total. The van der Waals surface area contributed by atoms with Gasteiger partial charge in [-0.15, -0.1) is 6.58 Å². The predicted molar refractivity (Wildman–Crippen MR) is 85.8 cm³/mol. The molecule has 2 aromatic rings. The Kier molecular flexibility index (Phi) is 4.29. The van der Waals surface area contributed by atoms with E-state index in [9.17, 15) is 0 Å². The number of imidazole rings is 1. The second-order valence-corrected chi connectivity index (χ2v) is 6.30. The van der Waals surface area contributed by atoms with Gasteiger partial charge in [0.05, 0.1) is 11.0 Å². The summed E-state index contributed by atoms with van der Waals surface area (Å²) in [4.78, 5) is 4.58. The summed E-state index contributed by atoms with van der Waals surface area (Å²) in [7, 11) is 2.06. The van der Waals surface area contributed by atoms with Gasteiger partial charge in [0.25, 0.3) is 0 Å². The SMILES string of the molecule is C=CCC(C)(C)CNCc1ccc2c(c1)nc(C)n2C. The van der Waals surface area contributed by atoms with Crippen LogP contribution in [0.4, 0.5) is 0 Å². The van der Waals surface area contributed by atoms with Gasteiger partial charge >= 0.3 is 0 Å². The molecule has 0 amide bonds. The first-order valence-electron chi connectivity index (χ1n) is 7.16. The lowest BCUT2D eigenvalue weighted by Crippen LogP contribution is -2.28. The molecule has 0 spiro atoms. The zero-order valence-electron chi connectivity index (χ0n) is 13.0. The quantitative estimate of drug-likeness (QED) is 0.814. The van der Waals surface area contributed by atoms with Crippen molar-refractivity contribution in [1.29, 1.82) is 0 Å². The third kappa shape index (κ3) is 3.28. The summed E-state index contributed by atoms with van der Waals surface area (Å²) in [6.45, 7) is 12.2. The average Bonchev–Trinajstić information content (AvgIpc) is 2.64. The van der Waals surface area contributed by atoms with Crippen LogP contribution in [0.5, 0.6) is 0 Å². The highest BCUT2D eigenvalue weighted by Crippen LogP contribution is 2.20. The van der Waals surface area contributed by atoms with E-state index >= 15 is 0 Å². The standard InChI is InChI=1S/C17H25N3/c1-6-9-17(3,4)12-18-11-14-7-8-16-15(10-14)19-13(2)20(16)5/h6-8,10,18H,1,9,11-12H2,2-5H3. The van der Waals surface area contributed by atoms with Crippen molar-refractivity contribution in [2.24, 2.45) is 12.5 Å². The van der Waals surface area contributed by atoms with Crippen molar-refractivity contribution >= 4 is 11.0 Å². The molecule has 108 valence electrons. The summed E-state index contributed by atoms with van der Waals surface area (Å²) < 4.78 is 2.12. The van der Waals surface area contributed by atoms with Crippen molar-refractivity contribution < 1.29 is 0 Å². The van der Waals surface area contributed by atoms with Gasteiger partial charge in [0.1, 0.15) is 5.82 Å². The van der Waals surface area contributed by atoms with E-state index in [1.807, 2.05) is 13.0 Å². The van der Waals surface area contributed by atoms with Crippen molar-refractivity contribution in [2.75, 3.05) is 6.54 Å². The first-order valence-corrected chi connectivity index (χ1v) is 7.16. The van der Waals surface area contributed by atoms with Crippen LogP contribution in [0.25, 0.3) is 11.0 Å². The lowest BCUT2D eigenvalue weighted by Gasteiger charge is -2.23. The molecular formula is C17H25N3. The van der Waals surface area contributed by atoms with Crippen LogP contribution < -0.4 is 5.32 Å². The Morgan fingerprint density at radius 1 is 1.40 bits per heavy atom. The van der Waals surface area contributed by atoms with E-state index in [1.54, 1.807) is 0 Å². The van der Waals surface area contributed by atoms with Crippen LogP contribution in [-0.4, -0.2) is 16.1 Å². The van der Waals surface area contributed by atoms with Gasteiger partial charge in [0, 0.05) is 20.1 Å². The molecular weight excluding hydrogens is 246 g/mol. The van der Waals surface area contributed by atoms with Crippen molar-refractivity contribution in [1.82, 2.24) is 14.9 Å². The minimum Gasteiger partial charge on any atom is -0.331 e. The lowest BCUT2D eigenvalue weighted by atomic mass is 9.89. The molecule has 1 aromatic carbocycles. The van der Waals surface area contributed by atoms with Crippen molar-refractivity contribution in [3.63, 3.8) is 0 Å². The molecule has 1 aromatic heterocycles. The molecule has 0 bridgehead atoms. The lowest BCUT2D eigenvalue weighted by molar-refractivity contribution is 0.344. The predicted octanol–water partition coefficient (Wildman–Crippen LogP) is 3.57. The highest BCUT2D eigenvalue weighted by molar-refractivity contribution is 5.76. The molecule has 0 aliphatic carbocycles. The molecule has 1 heterocycles. The first kappa shape index (κ1) is 14.8. The van der Waals surface area contributed by atoms with Crippen LogP contribution in [0.1, 0.15) is 31.7 Å². The Balaban J connectivity index is 2.02. The van der Waals surface area contributed by atoms with Gasteiger partial charge in [0.2, 0.25) is 0 Å². The molecule has 0 aliphatic rings.